The number of carbonyl (C=O) groups excluding carboxylic acids is 2. The summed E-state index contributed by atoms with van der Waals surface area (Å²) in [5.74, 6) is -0.487. The lowest BCUT2D eigenvalue weighted by atomic mass is 9.66. The van der Waals surface area contributed by atoms with Gasteiger partial charge in [0.1, 0.15) is 0 Å². The van der Waals surface area contributed by atoms with Gasteiger partial charge in [0.05, 0.1) is 0 Å². The number of ether oxygens (including phenoxy) is 1. The summed E-state index contributed by atoms with van der Waals surface area (Å²) in [6.07, 6.45) is 7.69. The lowest BCUT2D eigenvalue weighted by Crippen LogP contribution is -2.40. The highest BCUT2D eigenvalue weighted by Gasteiger charge is 2.47. The van der Waals surface area contributed by atoms with Crippen molar-refractivity contribution in [2.75, 3.05) is 6.61 Å². The number of allylic oxidation sites excluding steroid dienone is 3. The van der Waals surface area contributed by atoms with E-state index in [1.165, 1.54) is 6.08 Å². The first-order chi connectivity index (χ1) is 7.83. The third-order valence-electron chi connectivity index (χ3n) is 3.75. The molecule has 0 saturated carbocycles. The first kappa shape index (κ1) is 13.7. The van der Waals surface area contributed by atoms with E-state index < -0.39 is 11.4 Å². The topological polar surface area (TPSA) is 43.4 Å². The van der Waals surface area contributed by atoms with Crippen molar-refractivity contribution in [3.63, 3.8) is 0 Å². The number of hydrogen-bond donors (Lipinski definition) is 0. The Morgan fingerprint density at radius 1 is 1.35 bits per heavy atom. The third kappa shape index (κ3) is 2.65. The molecule has 0 bridgehead atoms. The fourth-order valence-corrected chi connectivity index (χ4v) is 1.99. The monoisotopic (exact) mass is 236 g/mol. The lowest BCUT2D eigenvalue weighted by Gasteiger charge is -2.36. The summed E-state index contributed by atoms with van der Waals surface area (Å²) in [5.41, 5.74) is -0.652. The van der Waals surface area contributed by atoms with E-state index in [0.717, 1.165) is 0 Å². The van der Waals surface area contributed by atoms with Crippen LogP contribution in [0.4, 0.5) is 0 Å². The van der Waals surface area contributed by atoms with E-state index in [0.29, 0.717) is 6.42 Å². The largest absolute Gasteiger partial charge is 0.455 e. The first-order valence-corrected chi connectivity index (χ1v) is 5.84. The van der Waals surface area contributed by atoms with Crippen molar-refractivity contribution < 1.29 is 14.3 Å². The summed E-state index contributed by atoms with van der Waals surface area (Å²) in [6.45, 7) is 7.57. The van der Waals surface area contributed by atoms with Crippen molar-refractivity contribution in [1.82, 2.24) is 0 Å². The average molecular weight is 236 g/mol. The van der Waals surface area contributed by atoms with Gasteiger partial charge in [-0.1, -0.05) is 39.0 Å². The molecule has 0 N–H and O–H groups in total. The minimum absolute atomic E-state index is 0.0228. The molecule has 1 rings (SSSR count). The highest BCUT2D eigenvalue weighted by atomic mass is 16.5. The number of rotatable bonds is 4. The predicted octanol–water partition coefficient (Wildman–Crippen LogP) is 2.67. The van der Waals surface area contributed by atoms with Gasteiger partial charge in [-0.05, 0) is 18.8 Å². The Morgan fingerprint density at radius 2 is 2.00 bits per heavy atom. The van der Waals surface area contributed by atoms with Gasteiger partial charge in [0.25, 0.3) is 0 Å². The smallest absolute Gasteiger partial charge is 0.330 e. The molecule has 0 amide bonds. The van der Waals surface area contributed by atoms with Crippen LogP contribution in [0.25, 0.3) is 0 Å². The molecular formula is C14H20O3. The average Bonchev–Trinajstić information content (AvgIpc) is 2.51. The number of carbonyl (C=O) groups is 2. The number of hydrogen-bond acceptors (Lipinski definition) is 3. The molecule has 0 aliphatic heterocycles. The van der Waals surface area contributed by atoms with Crippen molar-refractivity contribution in [1.29, 1.82) is 0 Å². The van der Waals surface area contributed by atoms with Gasteiger partial charge in [0.2, 0.25) is 0 Å². The van der Waals surface area contributed by atoms with Crippen LogP contribution in [-0.4, -0.2) is 18.4 Å². The number of ketones is 1. The van der Waals surface area contributed by atoms with Gasteiger partial charge in [0, 0.05) is 11.5 Å². The van der Waals surface area contributed by atoms with Crippen molar-refractivity contribution in [2.45, 2.75) is 34.1 Å². The van der Waals surface area contributed by atoms with Gasteiger partial charge in [-0.2, -0.15) is 0 Å². The van der Waals surface area contributed by atoms with Crippen LogP contribution >= 0.6 is 0 Å². The van der Waals surface area contributed by atoms with E-state index in [2.05, 4.69) is 6.08 Å². The minimum atomic E-state index is -0.469. The van der Waals surface area contributed by atoms with Crippen LogP contribution in [0.1, 0.15) is 34.1 Å². The Hall–Kier alpha value is -1.38. The standard InChI is InChI=1S/C14H20O3/c1-5-7-12(16)17-10-11(15)14(4)9-6-8-13(14,2)3/h5-8H,9-10H2,1-4H3/b7-5+/t14-/m0/s1. The Kier molecular flexibility index (Phi) is 3.91. The van der Waals surface area contributed by atoms with Crippen molar-refractivity contribution >= 4 is 11.8 Å². The lowest BCUT2D eigenvalue weighted by molar-refractivity contribution is -0.148. The third-order valence-corrected chi connectivity index (χ3v) is 3.75. The Bertz CT molecular complexity index is 377. The van der Waals surface area contributed by atoms with Crippen molar-refractivity contribution in [2.24, 2.45) is 10.8 Å². The van der Waals surface area contributed by atoms with Crippen LogP contribution in [-0.2, 0) is 14.3 Å². The van der Waals surface area contributed by atoms with Gasteiger partial charge >= 0.3 is 5.97 Å². The molecule has 0 radical (unpaired) electrons. The summed E-state index contributed by atoms with van der Waals surface area (Å²) in [6, 6.07) is 0. The van der Waals surface area contributed by atoms with Crippen molar-refractivity contribution in [3.05, 3.63) is 24.3 Å². The highest BCUT2D eigenvalue weighted by molar-refractivity contribution is 5.90. The van der Waals surface area contributed by atoms with Crippen LogP contribution in [0.3, 0.4) is 0 Å². The fraction of sp³-hybridized carbons (Fsp3) is 0.571. The molecule has 0 aromatic heterocycles. The first-order valence-electron chi connectivity index (χ1n) is 5.84. The van der Waals surface area contributed by atoms with Crippen molar-refractivity contribution in [3.8, 4) is 0 Å². The predicted molar refractivity (Wildman–Crippen MR) is 66.4 cm³/mol. The molecule has 0 aromatic carbocycles. The molecular weight excluding hydrogens is 216 g/mol. The molecule has 0 heterocycles. The van der Waals surface area contributed by atoms with E-state index in [1.807, 2.05) is 26.8 Å². The van der Waals surface area contributed by atoms with E-state index in [1.54, 1.807) is 13.0 Å². The van der Waals surface area contributed by atoms with E-state index in [9.17, 15) is 9.59 Å². The molecule has 3 nitrogen and oxygen atoms in total. The normalized spacial score (nSPS) is 26.4. The van der Waals surface area contributed by atoms with Gasteiger partial charge in [-0.15, -0.1) is 0 Å². The Labute approximate surface area is 103 Å². The summed E-state index contributed by atoms with van der Waals surface area (Å²) in [7, 11) is 0. The second kappa shape index (κ2) is 4.86. The maximum absolute atomic E-state index is 12.2. The Morgan fingerprint density at radius 3 is 2.47 bits per heavy atom. The second-order valence-corrected chi connectivity index (χ2v) is 5.19. The summed E-state index contributed by atoms with van der Waals surface area (Å²) < 4.78 is 4.91. The second-order valence-electron chi connectivity index (χ2n) is 5.19. The fourth-order valence-electron chi connectivity index (χ4n) is 1.99. The molecule has 17 heavy (non-hydrogen) atoms. The SMILES string of the molecule is C/C=C/C(=O)OCC(=O)[C@]1(C)CC=CC1(C)C. The molecule has 1 atom stereocenters. The van der Waals surface area contributed by atoms with E-state index in [4.69, 9.17) is 4.74 Å². The van der Waals surface area contributed by atoms with Crippen LogP contribution in [0.2, 0.25) is 0 Å². The summed E-state index contributed by atoms with van der Waals surface area (Å²) >= 11 is 0. The van der Waals surface area contributed by atoms with Crippen LogP contribution in [0.15, 0.2) is 24.3 Å². The van der Waals surface area contributed by atoms with Crippen LogP contribution < -0.4 is 0 Å². The molecule has 3 heteroatoms. The molecule has 0 saturated heterocycles. The maximum Gasteiger partial charge on any atom is 0.330 e. The van der Waals surface area contributed by atoms with Crippen LogP contribution in [0.5, 0.6) is 0 Å². The zero-order valence-electron chi connectivity index (χ0n) is 10.9. The highest BCUT2D eigenvalue weighted by Crippen LogP contribution is 2.48. The molecule has 0 unspecified atom stereocenters. The Balaban J connectivity index is 2.63. The maximum atomic E-state index is 12.2. The zero-order valence-corrected chi connectivity index (χ0v) is 10.9. The summed E-state index contributed by atoms with van der Waals surface area (Å²) in [4.78, 5) is 23.3. The van der Waals surface area contributed by atoms with Gasteiger partial charge in [0.15, 0.2) is 12.4 Å². The molecule has 0 aromatic rings. The molecule has 1 aliphatic rings. The van der Waals surface area contributed by atoms with E-state index in [-0.39, 0.29) is 17.8 Å². The quantitative estimate of drug-likeness (QED) is 0.428. The molecule has 0 fully saturated rings. The van der Waals surface area contributed by atoms with Crippen LogP contribution in [0, 0.1) is 10.8 Å². The van der Waals surface area contributed by atoms with Gasteiger partial charge < -0.3 is 4.74 Å². The number of esters is 1. The number of Topliss-reactive ketones (excluding diaryl/α,β-unsaturated/α-hetero) is 1. The molecule has 1 aliphatic carbocycles. The minimum Gasteiger partial charge on any atom is -0.455 e. The summed E-state index contributed by atoms with van der Waals surface area (Å²) in [5, 5.41) is 0. The van der Waals surface area contributed by atoms with Gasteiger partial charge in [-0.25, -0.2) is 4.79 Å². The molecule has 94 valence electrons. The van der Waals surface area contributed by atoms with Gasteiger partial charge in [-0.3, -0.25) is 4.79 Å². The molecule has 0 spiro atoms. The zero-order chi connectivity index (χ0) is 13.1. The van der Waals surface area contributed by atoms with E-state index >= 15 is 0 Å².